The lowest BCUT2D eigenvalue weighted by atomic mass is 10.2. The number of unbranched alkanes of at least 4 members (excludes halogenated alkanes) is 2. The first-order valence-corrected chi connectivity index (χ1v) is 7.98. The van der Waals surface area contributed by atoms with Crippen LogP contribution in [0.25, 0.3) is 0 Å². The van der Waals surface area contributed by atoms with E-state index in [1.54, 1.807) is 6.08 Å². The third kappa shape index (κ3) is 5.92. The van der Waals surface area contributed by atoms with E-state index >= 15 is 0 Å². The molecule has 1 rings (SSSR count). The maximum atomic E-state index is 11.8. The molecule has 1 heterocycles. The highest BCUT2D eigenvalue weighted by molar-refractivity contribution is 6.15. The standard InChI is InChI=1S/C17H27NO4/c1-5-7-11-18(12-8-6-2)13-9-10-14-15(19)21-17(3,4)22-16(14)20/h9-10,13H,5-8,11-12H2,1-4H3/b13-9+. The predicted molar refractivity (Wildman–Crippen MR) is 84.9 cm³/mol. The number of carbonyl (C=O) groups excluding carboxylic acids is 2. The lowest BCUT2D eigenvalue weighted by molar-refractivity contribution is -0.222. The fraction of sp³-hybridized carbons (Fsp3) is 0.647. The molecule has 0 saturated carbocycles. The average molecular weight is 309 g/mol. The third-order valence-corrected chi connectivity index (χ3v) is 3.27. The summed E-state index contributed by atoms with van der Waals surface area (Å²) in [6, 6.07) is 0. The van der Waals surface area contributed by atoms with Gasteiger partial charge < -0.3 is 14.4 Å². The molecule has 0 aromatic rings. The molecule has 1 aliphatic rings. The van der Waals surface area contributed by atoms with Gasteiger partial charge in [-0.2, -0.15) is 0 Å². The molecule has 0 aromatic heterocycles. The van der Waals surface area contributed by atoms with Crippen LogP contribution in [0.1, 0.15) is 53.4 Å². The molecule has 0 aromatic carbocycles. The van der Waals surface area contributed by atoms with Gasteiger partial charge in [-0.1, -0.05) is 26.7 Å². The molecule has 1 aliphatic heterocycles. The van der Waals surface area contributed by atoms with Crippen molar-refractivity contribution in [2.75, 3.05) is 13.1 Å². The van der Waals surface area contributed by atoms with Crippen molar-refractivity contribution in [3.8, 4) is 0 Å². The summed E-state index contributed by atoms with van der Waals surface area (Å²) in [7, 11) is 0. The van der Waals surface area contributed by atoms with Crippen molar-refractivity contribution in [1.29, 1.82) is 0 Å². The Morgan fingerprint density at radius 1 is 1.00 bits per heavy atom. The van der Waals surface area contributed by atoms with Gasteiger partial charge in [0.05, 0.1) is 0 Å². The molecule has 0 N–H and O–H groups in total. The predicted octanol–water partition coefficient (Wildman–Crippen LogP) is 3.16. The van der Waals surface area contributed by atoms with Crippen molar-refractivity contribution in [2.24, 2.45) is 0 Å². The lowest BCUT2D eigenvalue weighted by Gasteiger charge is -2.29. The number of carbonyl (C=O) groups is 2. The lowest BCUT2D eigenvalue weighted by Crippen LogP contribution is -2.41. The van der Waals surface area contributed by atoms with Crippen molar-refractivity contribution >= 4 is 11.9 Å². The van der Waals surface area contributed by atoms with E-state index in [-0.39, 0.29) is 5.57 Å². The summed E-state index contributed by atoms with van der Waals surface area (Å²) in [6.45, 7) is 9.31. The van der Waals surface area contributed by atoms with E-state index < -0.39 is 17.7 Å². The number of esters is 2. The molecule has 0 bridgehead atoms. The molecule has 0 atom stereocenters. The van der Waals surface area contributed by atoms with Crippen LogP contribution in [-0.2, 0) is 19.1 Å². The normalized spacial score (nSPS) is 17.4. The number of cyclic esters (lactones) is 2. The summed E-state index contributed by atoms with van der Waals surface area (Å²) >= 11 is 0. The van der Waals surface area contributed by atoms with E-state index in [1.807, 2.05) is 6.20 Å². The van der Waals surface area contributed by atoms with Crippen LogP contribution in [0.15, 0.2) is 23.9 Å². The molecule has 22 heavy (non-hydrogen) atoms. The second-order valence-corrected chi connectivity index (χ2v) is 5.84. The van der Waals surface area contributed by atoms with Crippen LogP contribution in [-0.4, -0.2) is 35.7 Å². The van der Waals surface area contributed by atoms with Gasteiger partial charge in [0, 0.05) is 26.9 Å². The first-order chi connectivity index (χ1) is 10.4. The Balaban J connectivity index is 2.70. The number of ether oxygens (including phenoxy) is 2. The fourth-order valence-corrected chi connectivity index (χ4v) is 2.04. The Kier molecular flexibility index (Phi) is 7.15. The Morgan fingerprint density at radius 2 is 1.50 bits per heavy atom. The molecule has 0 amide bonds. The zero-order chi connectivity index (χ0) is 16.6. The maximum Gasteiger partial charge on any atom is 0.348 e. The molecule has 1 saturated heterocycles. The molecule has 5 nitrogen and oxygen atoms in total. The summed E-state index contributed by atoms with van der Waals surface area (Å²) in [4.78, 5) is 25.8. The van der Waals surface area contributed by atoms with Crippen molar-refractivity contribution < 1.29 is 19.1 Å². The Hall–Kier alpha value is -1.78. The topological polar surface area (TPSA) is 55.8 Å². The van der Waals surface area contributed by atoms with E-state index in [0.29, 0.717) is 0 Å². The van der Waals surface area contributed by atoms with Crippen LogP contribution in [0, 0.1) is 0 Å². The first-order valence-electron chi connectivity index (χ1n) is 7.98. The molecular formula is C17H27NO4. The summed E-state index contributed by atoms with van der Waals surface area (Å²) in [5.74, 6) is -2.47. The number of hydrogen-bond acceptors (Lipinski definition) is 5. The Morgan fingerprint density at radius 3 is 1.95 bits per heavy atom. The molecule has 124 valence electrons. The van der Waals surface area contributed by atoms with Gasteiger partial charge in [-0.05, 0) is 31.2 Å². The quantitative estimate of drug-likeness (QED) is 0.391. The van der Waals surface area contributed by atoms with Crippen LogP contribution in [0.3, 0.4) is 0 Å². The van der Waals surface area contributed by atoms with Crippen LogP contribution < -0.4 is 0 Å². The van der Waals surface area contributed by atoms with E-state index in [0.717, 1.165) is 38.8 Å². The zero-order valence-electron chi connectivity index (χ0n) is 14.1. The third-order valence-electron chi connectivity index (χ3n) is 3.27. The van der Waals surface area contributed by atoms with Crippen molar-refractivity contribution in [3.05, 3.63) is 23.9 Å². The Bertz CT molecular complexity index is 422. The van der Waals surface area contributed by atoms with Gasteiger partial charge >= 0.3 is 11.9 Å². The van der Waals surface area contributed by atoms with Crippen molar-refractivity contribution in [3.63, 3.8) is 0 Å². The minimum atomic E-state index is -1.19. The molecule has 5 heteroatoms. The molecule has 0 spiro atoms. The molecule has 0 radical (unpaired) electrons. The van der Waals surface area contributed by atoms with E-state index in [4.69, 9.17) is 9.47 Å². The smallest absolute Gasteiger partial charge is 0.348 e. The van der Waals surface area contributed by atoms with E-state index in [2.05, 4.69) is 18.7 Å². The minimum absolute atomic E-state index is 0.0680. The van der Waals surface area contributed by atoms with Crippen molar-refractivity contribution in [2.45, 2.75) is 59.2 Å². The number of allylic oxidation sites excluding steroid dienone is 2. The largest absolute Gasteiger partial charge is 0.419 e. The van der Waals surface area contributed by atoms with Gasteiger partial charge in [0.15, 0.2) is 0 Å². The summed E-state index contributed by atoms with van der Waals surface area (Å²) in [6.07, 6.45) is 9.58. The van der Waals surface area contributed by atoms with Gasteiger partial charge in [0.2, 0.25) is 0 Å². The van der Waals surface area contributed by atoms with Gasteiger partial charge in [0.1, 0.15) is 5.57 Å². The van der Waals surface area contributed by atoms with E-state index in [9.17, 15) is 9.59 Å². The van der Waals surface area contributed by atoms with Gasteiger partial charge in [-0.15, -0.1) is 0 Å². The first kappa shape index (κ1) is 18.3. The summed E-state index contributed by atoms with van der Waals surface area (Å²) < 4.78 is 10.1. The summed E-state index contributed by atoms with van der Waals surface area (Å²) in [5.41, 5.74) is -0.0680. The fourth-order valence-electron chi connectivity index (χ4n) is 2.04. The molecular weight excluding hydrogens is 282 g/mol. The SMILES string of the molecule is CCCCN(/C=C/C=C1C(=O)OC(C)(C)OC1=O)CCCC. The second kappa shape index (κ2) is 8.61. The van der Waals surface area contributed by atoms with Crippen LogP contribution in [0.5, 0.6) is 0 Å². The maximum absolute atomic E-state index is 11.8. The van der Waals surface area contributed by atoms with Crippen LogP contribution in [0.4, 0.5) is 0 Å². The highest BCUT2D eigenvalue weighted by Crippen LogP contribution is 2.22. The Labute approximate surface area is 133 Å². The molecule has 1 fully saturated rings. The molecule has 0 unspecified atom stereocenters. The van der Waals surface area contributed by atoms with Crippen LogP contribution in [0.2, 0.25) is 0 Å². The highest BCUT2D eigenvalue weighted by atomic mass is 16.7. The van der Waals surface area contributed by atoms with Crippen molar-refractivity contribution in [1.82, 2.24) is 4.90 Å². The average Bonchev–Trinajstić information content (AvgIpc) is 2.42. The number of hydrogen-bond donors (Lipinski definition) is 0. The van der Waals surface area contributed by atoms with Crippen LogP contribution >= 0.6 is 0 Å². The molecule has 0 aliphatic carbocycles. The number of rotatable bonds is 8. The zero-order valence-corrected chi connectivity index (χ0v) is 14.1. The monoisotopic (exact) mass is 309 g/mol. The van der Waals surface area contributed by atoms with E-state index in [1.165, 1.54) is 19.9 Å². The second-order valence-electron chi connectivity index (χ2n) is 5.84. The van der Waals surface area contributed by atoms with Gasteiger partial charge in [-0.25, -0.2) is 9.59 Å². The van der Waals surface area contributed by atoms with Gasteiger partial charge in [0.25, 0.3) is 5.79 Å². The highest BCUT2D eigenvalue weighted by Gasteiger charge is 2.38. The van der Waals surface area contributed by atoms with Gasteiger partial charge in [-0.3, -0.25) is 0 Å². The summed E-state index contributed by atoms with van der Waals surface area (Å²) in [5, 5.41) is 0. The number of nitrogens with zero attached hydrogens (tertiary/aromatic N) is 1. The minimum Gasteiger partial charge on any atom is -0.419 e.